The van der Waals surface area contributed by atoms with Gasteiger partial charge in [-0.25, -0.2) is 0 Å². The van der Waals surface area contributed by atoms with Gasteiger partial charge in [-0.3, -0.25) is 10.2 Å². The van der Waals surface area contributed by atoms with Crippen LogP contribution in [0, 0.1) is 5.41 Å². The van der Waals surface area contributed by atoms with Gasteiger partial charge in [0.05, 0.1) is 6.61 Å². The van der Waals surface area contributed by atoms with Gasteiger partial charge >= 0.3 is 5.97 Å². The maximum Gasteiger partial charge on any atom is 0.327 e. The molecule has 1 aliphatic heterocycles. The van der Waals surface area contributed by atoms with Crippen LogP contribution in [-0.2, 0) is 32.3 Å². The molecule has 1 fully saturated rings. The summed E-state index contributed by atoms with van der Waals surface area (Å²) in [5.41, 5.74) is 0. The Balaban J connectivity index is 4.01. The number of ether oxygens (including phenoxy) is 3. The van der Waals surface area contributed by atoms with E-state index in [9.17, 15) is 4.79 Å². The van der Waals surface area contributed by atoms with E-state index in [2.05, 4.69) is 102 Å². The molecule has 5 atom stereocenters. The highest BCUT2D eigenvalue weighted by molar-refractivity contribution is 6.76. The summed E-state index contributed by atoms with van der Waals surface area (Å²) < 4.78 is 37.3. The summed E-state index contributed by atoms with van der Waals surface area (Å²) in [7, 11) is -7.35. The number of esters is 1. The molecule has 0 aromatic heterocycles. The molecule has 0 aromatic carbocycles. The SMILES string of the molecule is CC(C)(Cl)C(=O)O[C@H]1C(OC(=N)C(Cl)(Cl)Cl)O[C@H](CO[Si](C)(C)C(C)(C)C)[C@@H](O[Si](C)(C)C(C)(C)C)[C@@H]1O[Si](C)(C)C(C)(C)C. The van der Waals surface area contributed by atoms with E-state index in [1.54, 1.807) is 0 Å². The molecule has 0 bridgehead atoms. The maximum atomic E-state index is 13.4. The molecule has 1 aliphatic rings. The number of carbonyl (C=O) groups is 1. The Morgan fingerprint density at radius 1 is 0.667 bits per heavy atom. The lowest BCUT2D eigenvalue weighted by Gasteiger charge is -2.52. The van der Waals surface area contributed by atoms with Crippen LogP contribution in [0.4, 0.5) is 0 Å². The molecule has 0 aliphatic carbocycles. The third-order valence-corrected chi connectivity index (χ3v) is 23.8. The van der Waals surface area contributed by atoms with Gasteiger partial charge in [0.2, 0.25) is 12.2 Å². The molecule has 0 saturated carbocycles. The first kappa shape index (κ1) is 43.6. The zero-order chi connectivity index (χ0) is 36.0. The number of alkyl halides is 4. The number of hydrogen-bond acceptors (Lipinski definition) is 8. The molecule has 0 radical (unpaired) electrons. The molecule has 1 unspecified atom stereocenters. The van der Waals surface area contributed by atoms with Crippen LogP contribution in [0.15, 0.2) is 0 Å². The summed E-state index contributed by atoms with van der Waals surface area (Å²) in [6.07, 6.45) is -4.98. The number of carbonyl (C=O) groups excluding carboxylic acids is 1. The number of rotatable bonds is 10. The first-order valence-electron chi connectivity index (χ1n) is 15.4. The summed E-state index contributed by atoms with van der Waals surface area (Å²) in [4.78, 5) is 12.0. The molecular weight excluding hydrogens is 712 g/mol. The van der Waals surface area contributed by atoms with Gasteiger partial charge in [0.25, 0.3) is 3.79 Å². The molecule has 1 saturated heterocycles. The van der Waals surface area contributed by atoms with Crippen LogP contribution in [0.3, 0.4) is 0 Å². The quantitative estimate of drug-likeness (QED) is 0.0777. The van der Waals surface area contributed by atoms with Crippen molar-refractivity contribution < 1.29 is 32.3 Å². The molecule has 1 N–H and O–H groups in total. The number of hydrogen-bond donors (Lipinski definition) is 1. The minimum absolute atomic E-state index is 0.0774. The van der Waals surface area contributed by atoms with Crippen LogP contribution in [0.2, 0.25) is 54.4 Å². The van der Waals surface area contributed by atoms with Crippen LogP contribution in [0.5, 0.6) is 0 Å². The predicted octanol–water partition coefficient (Wildman–Crippen LogP) is 9.81. The van der Waals surface area contributed by atoms with Crippen LogP contribution in [0.25, 0.3) is 0 Å². The molecular formula is C30H59Cl4NO7Si3. The van der Waals surface area contributed by atoms with Gasteiger partial charge in [-0.15, -0.1) is 11.6 Å². The van der Waals surface area contributed by atoms with Crippen LogP contribution in [0.1, 0.15) is 76.2 Å². The van der Waals surface area contributed by atoms with Crippen molar-refractivity contribution in [1.82, 2.24) is 0 Å². The fourth-order valence-electron chi connectivity index (χ4n) is 3.50. The zero-order valence-electron chi connectivity index (χ0n) is 30.5. The third-order valence-electron chi connectivity index (χ3n) is 9.70. The average molecular weight is 772 g/mol. The molecule has 0 amide bonds. The van der Waals surface area contributed by atoms with E-state index < -0.39 is 76.2 Å². The van der Waals surface area contributed by atoms with Crippen LogP contribution < -0.4 is 0 Å². The lowest BCUT2D eigenvalue weighted by Crippen LogP contribution is -2.68. The molecule has 0 aromatic rings. The lowest BCUT2D eigenvalue weighted by atomic mass is 9.99. The van der Waals surface area contributed by atoms with Gasteiger partial charge in [0.15, 0.2) is 31.1 Å². The summed E-state index contributed by atoms with van der Waals surface area (Å²) in [5.74, 6) is -1.42. The molecule has 266 valence electrons. The van der Waals surface area contributed by atoms with E-state index in [1.165, 1.54) is 13.8 Å². The minimum Gasteiger partial charge on any atom is -0.452 e. The van der Waals surface area contributed by atoms with Crippen molar-refractivity contribution in [2.45, 2.75) is 170 Å². The van der Waals surface area contributed by atoms with Crippen molar-refractivity contribution in [1.29, 1.82) is 5.41 Å². The highest BCUT2D eigenvalue weighted by Crippen LogP contribution is 2.45. The van der Waals surface area contributed by atoms with E-state index in [-0.39, 0.29) is 21.7 Å². The molecule has 1 rings (SSSR count). The number of halogens is 4. The van der Waals surface area contributed by atoms with Gasteiger partial charge in [-0.1, -0.05) is 97.1 Å². The Morgan fingerprint density at radius 3 is 1.42 bits per heavy atom. The molecule has 15 heteroatoms. The van der Waals surface area contributed by atoms with E-state index >= 15 is 0 Å². The fourth-order valence-corrected chi connectivity index (χ4v) is 7.31. The second-order valence-electron chi connectivity index (χ2n) is 17.1. The van der Waals surface area contributed by atoms with Crippen molar-refractivity contribution >= 4 is 83.2 Å². The van der Waals surface area contributed by atoms with Gasteiger partial charge in [0.1, 0.15) is 23.2 Å². The number of nitrogens with one attached hydrogen (secondary N) is 1. The minimum atomic E-state index is -2.58. The van der Waals surface area contributed by atoms with E-state index in [4.69, 9.17) is 79.3 Å². The van der Waals surface area contributed by atoms with E-state index in [0.717, 1.165) is 0 Å². The van der Waals surface area contributed by atoms with E-state index in [0.29, 0.717) is 0 Å². The summed E-state index contributed by atoms with van der Waals surface area (Å²) >= 11 is 24.5. The van der Waals surface area contributed by atoms with Crippen molar-refractivity contribution in [2.75, 3.05) is 6.61 Å². The Hall–Kier alpha value is 0.591. The largest absolute Gasteiger partial charge is 0.452 e. The Bertz CT molecular complexity index is 1040. The van der Waals surface area contributed by atoms with Crippen molar-refractivity contribution in [3.8, 4) is 0 Å². The van der Waals surface area contributed by atoms with Crippen LogP contribution >= 0.6 is 46.4 Å². The molecule has 8 nitrogen and oxygen atoms in total. The second-order valence-corrected chi connectivity index (χ2v) is 34.6. The molecule has 45 heavy (non-hydrogen) atoms. The zero-order valence-corrected chi connectivity index (χ0v) is 36.5. The monoisotopic (exact) mass is 769 g/mol. The smallest absolute Gasteiger partial charge is 0.327 e. The Morgan fingerprint density at radius 2 is 1.07 bits per heavy atom. The summed E-state index contributed by atoms with van der Waals surface area (Å²) in [5, 5.41) is 7.93. The third kappa shape index (κ3) is 11.6. The van der Waals surface area contributed by atoms with Gasteiger partial charge in [0, 0.05) is 0 Å². The Labute approximate surface area is 296 Å². The van der Waals surface area contributed by atoms with Gasteiger partial charge in [-0.2, -0.15) is 0 Å². The van der Waals surface area contributed by atoms with Crippen molar-refractivity contribution in [3.05, 3.63) is 0 Å². The van der Waals surface area contributed by atoms with Gasteiger partial charge in [-0.05, 0) is 68.2 Å². The van der Waals surface area contributed by atoms with Crippen molar-refractivity contribution in [2.24, 2.45) is 0 Å². The topological polar surface area (TPSA) is 96.3 Å². The first-order chi connectivity index (χ1) is 19.6. The normalized spacial score (nSPS) is 24.8. The van der Waals surface area contributed by atoms with E-state index in [1.807, 2.05) is 0 Å². The average Bonchev–Trinajstić information content (AvgIpc) is 2.77. The van der Waals surface area contributed by atoms with Crippen LogP contribution in [-0.4, -0.2) is 82.8 Å². The maximum absolute atomic E-state index is 13.4. The fraction of sp³-hybridized carbons (Fsp3) is 0.933. The predicted molar refractivity (Wildman–Crippen MR) is 195 cm³/mol. The molecule has 1 heterocycles. The van der Waals surface area contributed by atoms with Crippen molar-refractivity contribution in [3.63, 3.8) is 0 Å². The Kier molecular flexibility index (Phi) is 14.0. The van der Waals surface area contributed by atoms with Gasteiger partial charge < -0.3 is 27.5 Å². The second kappa shape index (κ2) is 14.4. The molecule has 0 spiro atoms. The first-order valence-corrected chi connectivity index (χ1v) is 25.7. The highest BCUT2D eigenvalue weighted by atomic mass is 35.6. The highest BCUT2D eigenvalue weighted by Gasteiger charge is 2.57. The lowest BCUT2D eigenvalue weighted by molar-refractivity contribution is -0.280. The summed E-state index contributed by atoms with van der Waals surface area (Å²) in [6, 6.07) is 0. The standard InChI is InChI=1S/C30H59Cl4NO7Si3/c1-26(2,3)43(12,13)37-18-19-20(41-44(14,15)27(4,5)6)21(42-45(16,17)28(7,8)9)22(39-25(36)29(10,11)31)23(38-19)40-24(35)30(32,33)34/h19-23,35H,18H2,1-17H3/t19-,20-,21+,22-,23?/m1/s1. The summed E-state index contributed by atoms with van der Waals surface area (Å²) in [6.45, 7) is 35.3.